The Balaban J connectivity index is 1.72. The average molecular weight is 523 g/mol. The molecule has 3 N–H and O–H groups in total. The normalized spacial score (nSPS) is 23.7. The number of aliphatic hydroxyl groups is 1. The minimum Gasteiger partial charge on any atom is -0.444 e. The monoisotopic (exact) mass is 522 g/mol. The molecule has 1 aliphatic heterocycles. The van der Waals surface area contributed by atoms with Crippen molar-refractivity contribution in [2.24, 2.45) is 5.92 Å². The van der Waals surface area contributed by atoms with E-state index in [1.807, 2.05) is 6.92 Å². The van der Waals surface area contributed by atoms with Crippen molar-refractivity contribution in [3.8, 4) is 0 Å². The second kappa shape index (κ2) is 11.9. The number of ether oxygens (including phenoxy) is 1. The summed E-state index contributed by atoms with van der Waals surface area (Å²) < 4.78 is 4.93. The van der Waals surface area contributed by atoms with Crippen molar-refractivity contribution in [1.29, 1.82) is 0 Å². The highest BCUT2D eigenvalue weighted by Gasteiger charge is 2.55. The van der Waals surface area contributed by atoms with Crippen LogP contribution in [-0.4, -0.2) is 51.9 Å². The van der Waals surface area contributed by atoms with E-state index >= 15 is 0 Å². The number of amides is 4. The van der Waals surface area contributed by atoms with Crippen molar-refractivity contribution in [3.63, 3.8) is 0 Å². The maximum absolute atomic E-state index is 13.6. The lowest BCUT2D eigenvalue weighted by Gasteiger charge is -2.36. The number of quaternary nitrogens is 1. The third-order valence-electron chi connectivity index (χ3n) is 7.41. The van der Waals surface area contributed by atoms with Gasteiger partial charge in [-0.05, 0) is 69.7 Å². The van der Waals surface area contributed by atoms with Crippen molar-refractivity contribution in [1.82, 2.24) is 10.6 Å². The van der Waals surface area contributed by atoms with Crippen LogP contribution in [0.1, 0.15) is 83.8 Å². The molecule has 0 aromatic heterocycles. The van der Waals surface area contributed by atoms with Gasteiger partial charge >= 0.3 is 18.0 Å². The van der Waals surface area contributed by atoms with Crippen molar-refractivity contribution in [2.45, 2.75) is 103 Å². The fraction of sp³-hybridized carbons (Fsp3) is 0.667. The number of imide groups is 1. The first-order valence-electron chi connectivity index (χ1n) is 13.1. The smallest absolute Gasteiger partial charge is 0.424 e. The van der Waals surface area contributed by atoms with Gasteiger partial charge in [-0.1, -0.05) is 36.9 Å². The fourth-order valence-corrected chi connectivity index (χ4v) is 5.61. The largest absolute Gasteiger partial charge is 0.444 e. The molecule has 3 rings (SSSR count). The molecule has 8 nitrogen and oxygen atoms in total. The number of hydrogen-bond donors (Lipinski definition) is 3. The highest BCUT2D eigenvalue weighted by atomic mass is 35.5. The van der Waals surface area contributed by atoms with Gasteiger partial charge in [0.25, 0.3) is 0 Å². The van der Waals surface area contributed by atoms with Gasteiger partial charge in [0.2, 0.25) is 0 Å². The fourth-order valence-electron chi connectivity index (χ4n) is 5.42. The Bertz CT molecular complexity index is 957. The molecular weight excluding hydrogens is 482 g/mol. The SMILES string of the molecule is C[C@@H]1CCC[N+]1(C(=O)NCc1cc(Cl)ccc1CNC(=O)OC(C)(C)C)C(=O)[C@H](O)C1CCCCC1. The molecule has 1 heterocycles. The number of aliphatic hydroxyl groups excluding tert-OH is 1. The van der Waals surface area contributed by atoms with E-state index in [1.165, 1.54) is 0 Å². The van der Waals surface area contributed by atoms with Crippen LogP contribution in [0.2, 0.25) is 5.02 Å². The van der Waals surface area contributed by atoms with Crippen LogP contribution in [0.4, 0.5) is 9.59 Å². The Hall–Kier alpha value is -2.16. The number of halogens is 1. The van der Waals surface area contributed by atoms with Gasteiger partial charge in [0.05, 0.1) is 6.54 Å². The molecule has 1 saturated heterocycles. The molecule has 2 fully saturated rings. The van der Waals surface area contributed by atoms with E-state index in [-0.39, 0.29) is 35.4 Å². The summed E-state index contributed by atoms with van der Waals surface area (Å²) in [6.07, 6.45) is 4.61. The Morgan fingerprint density at radius 2 is 1.72 bits per heavy atom. The van der Waals surface area contributed by atoms with Gasteiger partial charge in [0, 0.05) is 31.0 Å². The van der Waals surface area contributed by atoms with E-state index in [4.69, 9.17) is 16.3 Å². The highest BCUT2D eigenvalue weighted by molar-refractivity contribution is 6.30. The summed E-state index contributed by atoms with van der Waals surface area (Å²) in [6.45, 7) is 8.02. The van der Waals surface area contributed by atoms with Gasteiger partial charge in [0.1, 0.15) is 11.6 Å². The number of urea groups is 1. The predicted octanol–water partition coefficient (Wildman–Crippen LogP) is 5.04. The number of nitrogens with one attached hydrogen (secondary N) is 2. The van der Waals surface area contributed by atoms with E-state index in [9.17, 15) is 19.5 Å². The third kappa shape index (κ3) is 6.78. The maximum Gasteiger partial charge on any atom is 0.424 e. The van der Waals surface area contributed by atoms with E-state index in [2.05, 4.69) is 10.6 Å². The van der Waals surface area contributed by atoms with E-state index in [1.54, 1.807) is 39.0 Å². The van der Waals surface area contributed by atoms with Gasteiger partial charge in [-0.15, -0.1) is 0 Å². The van der Waals surface area contributed by atoms with E-state index in [0.717, 1.165) is 56.1 Å². The lowest BCUT2D eigenvalue weighted by molar-refractivity contribution is -0.787. The second-order valence-electron chi connectivity index (χ2n) is 11.2. The molecule has 4 amide bonds. The summed E-state index contributed by atoms with van der Waals surface area (Å²) in [5, 5.41) is 17.2. The summed E-state index contributed by atoms with van der Waals surface area (Å²) in [6, 6.07) is 4.65. The van der Waals surface area contributed by atoms with Crippen LogP contribution in [0.3, 0.4) is 0 Å². The number of likely N-dealkylation sites (tertiary alicyclic amines) is 1. The second-order valence-corrected chi connectivity index (χ2v) is 11.6. The van der Waals surface area contributed by atoms with Crippen molar-refractivity contribution in [3.05, 3.63) is 34.3 Å². The van der Waals surface area contributed by atoms with Crippen LogP contribution >= 0.6 is 11.6 Å². The Labute approximate surface area is 219 Å². The Morgan fingerprint density at radius 3 is 2.33 bits per heavy atom. The average Bonchev–Trinajstić information content (AvgIpc) is 3.22. The van der Waals surface area contributed by atoms with Crippen LogP contribution in [0, 0.1) is 5.92 Å². The molecule has 0 radical (unpaired) electrons. The van der Waals surface area contributed by atoms with Gasteiger partial charge in [-0.3, -0.25) is 0 Å². The lowest BCUT2D eigenvalue weighted by Crippen LogP contribution is -2.66. The summed E-state index contributed by atoms with van der Waals surface area (Å²) in [7, 11) is 0. The zero-order valence-corrected chi connectivity index (χ0v) is 22.7. The molecule has 1 aromatic rings. The first kappa shape index (κ1) is 28.4. The summed E-state index contributed by atoms with van der Waals surface area (Å²) in [4.78, 5) is 39.3. The van der Waals surface area contributed by atoms with Crippen LogP contribution in [0.25, 0.3) is 0 Å². The first-order chi connectivity index (χ1) is 16.9. The molecule has 1 saturated carbocycles. The quantitative estimate of drug-likeness (QED) is 0.454. The Morgan fingerprint density at radius 1 is 1.06 bits per heavy atom. The topological polar surface area (TPSA) is 105 Å². The number of alkyl carbamates (subject to hydrolysis) is 1. The number of nitrogens with zero attached hydrogens (tertiary/aromatic N) is 1. The lowest BCUT2D eigenvalue weighted by atomic mass is 9.84. The molecule has 36 heavy (non-hydrogen) atoms. The van der Waals surface area contributed by atoms with Crippen LogP contribution < -0.4 is 10.6 Å². The predicted molar refractivity (Wildman–Crippen MR) is 138 cm³/mol. The molecule has 3 atom stereocenters. The third-order valence-corrected chi connectivity index (χ3v) is 7.65. The van der Waals surface area contributed by atoms with Crippen molar-refractivity contribution < 1.29 is 28.7 Å². The minimum atomic E-state index is -1.13. The first-order valence-corrected chi connectivity index (χ1v) is 13.4. The van der Waals surface area contributed by atoms with Gasteiger partial charge in [-0.2, -0.15) is 4.48 Å². The number of benzene rings is 1. The molecule has 2 aliphatic rings. The van der Waals surface area contributed by atoms with E-state index in [0.29, 0.717) is 11.6 Å². The zero-order valence-electron chi connectivity index (χ0n) is 21.9. The summed E-state index contributed by atoms with van der Waals surface area (Å²) in [5.41, 5.74) is 0.900. The molecule has 9 heteroatoms. The summed E-state index contributed by atoms with van der Waals surface area (Å²) in [5.74, 6) is -0.470. The number of rotatable bonds is 6. The molecule has 1 aromatic carbocycles. The van der Waals surface area contributed by atoms with Crippen LogP contribution in [0.5, 0.6) is 0 Å². The minimum absolute atomic E-state index is 0.0830. The number of hydrogen-bond acceptors (Lipinski definition) is 5. The molecule has 200 valence electrons. The van der Waals surface area contributed by atoms with Crippen molar-refractivity contribution >= 4 is 29.6 Å². The number of carbonyl (C=O) groups is 3. The Kier molecular flexibility index (Phi) is 9.41. The zero-order chi connectivity index (χ0) is 26.5. The molecule has 0 bridgehead atoms. The van der Waals surface area contributed by atoms with Crippen molar-refractivity contribution in [2.75, 3.05) is 6.54 Å². The molecular formula is C27H41ClN3O5+. The molecule has 0 spiro atoms. The van der Waals surface area contributed by atoms with Gasteiger partial charge in [-0.25, -0.2) is 14.4 Å². The van der Waals surface area contributed by atoms with Gasteiger partial charge < -0.3 is 20.5 Å². The molecule has 1 aliphatic carbocycles. The summed E-state index contributed by atoms with van der Waals surface area (Å²) >= 11 is 6.22. The number of carbonyl (C=O) groups excluding carboxylic acids is 3. The van der Waals surface area contributed by atoms with Gasteiger partial charge in [0.15, 0.2) is 6.10 Å². The van der Waals surface area contributed by atoms with Crippen LogP contribution in [0.15, 0.2) is 18.2 Å². The van der Waals surface area contributed by atoms with Crippen LogP contribution in [-0.2, 0) is 22.6 Å². The van der Waals surface area contributed by atoms with E-state index < -0.39 is 23.8 Å². The molecule has 1 unspecified atom stereocenters. The highest BCUT2D eigenvalue weighted by Crippen LogP contribution is 2.34. The standard InChI is InChI=1S/C27H40ClN3O5/c1-18-9-8-14-31(18,24(33)23(32)19-10-6-5-7-11-19)25(34)29-17-21-15-22(28)13-12-20(21)16-30-26(35)36-27(2,3)4/h12-13,15,18-19,23,32H,5-11,14,16-17H2,1-4H3,(H-,29,30,34,35)/p+1/t18-,23-,31?/m1/s1. The maximum atomic E-state index is 13.6.